The number of aromatic carboxylic acids is 1. The number of carbonyl (C=O) groups is 1. The van der Waals surface area contributed by atoms with Gasteiger partial charge in [-0.05, 0) is 6.07 Å². The number of carboxylic acid groups (broad SMARTS) is 1. The Labute approximate surface area is 100 Å². The van der Waals surface area contributed by atoms with Crippen LogP contribution < -0.4 is 5.43 Å². The summed E-state index contributed by atoms with van der Waals surface area (Å²) in [6, 6.07) is 1.21. The molecule has 0 unspecified atom stereocenters. The van der Waals surface area contributed by atoms with Crippen LogP contribution in [0.3, 0.4) is 0 Å². The zero-order valence-electron chi connectivity index (χ0n) is 9.21. The highest BCUT2D eigenvalue weighted by atomic mass is 19.1. The number of rotatable bonds is 2. The van der Waals surface area contributed by atoms with Crippen LogP contribution >= 0.6 is 0 Å². The van der Waals surface area contributed by atoms with Gasteiger partial charge in [0.1, 0.15) is 11.7 Å². The van der Waals surface area contributed by atoms with Crippen LogP contribution in [0.15, 0.2) is 29.5 Å². The number of hydrogen-bond acceptors (Lipinski definition) is 3. The molecule has 2 aromatic heterocycles. The van der Waals surface area contributed by atoms with Crippen molar-refractivity contribution in [3.05, 3.63) is 40.4 Å². The molecule has 1 N–H and O–H groups in total. The number of nitrogens with zero attached hydrogens (tertiary/aromatic N) is 2. The van der Waals surface area contributed by atoms with Crippen LogP contribution in [0.25, 0.3) is 10.9 Å². The molecule has 5 nitrogen and oxygen atoms in total. The van der Waals surface area contributed by atoms with Gasteiger partial charge in [0.25, 0.3) is 0 Å². The van der Waals surface area contributed by atoms with Crippen molar-refractivity contribution in [3.63, 3.8) is 0 Å². The van der Waals surface area contributed by atoms with Crippen molar-refractivity contribution in [1.82, 2.24) is 9.55 Å². The third kappa shape index (κ3) is 1.49. The maximum absolute atomic E-state index is 13.2. The smallest absolute Gasteiger partial charge is 0.341 e. The van der Waals surface area contributed by atoms with Crippen molar-refractivity contribution in [3.8, 4) is 0 Å². The molecule has 0 saturated heterocycles. The molecule has 6 heteroatoms. The lowest BCUT2D eigenvalue weighted by Gasteiger charge is -2.10. The van der Waals surface area contributed by atoms with E-state index in [1.54, 1.807) is 6.07 Å². The Balaban J connectivity index is 2.37. The Hall–Kier alpha value is -2.24. The number of aromatic nitrogens is 2. The van der Waals surface area contributed by atoms with Crippen LogP contribution in [-0.4, -0.2) is 26.8 Å². The van der Waals surface area contributed by atoms with Gasteiger partial charge < -0.3 is 9.67 Å². The molecule has 2 aromatic rings. The van der Waals surface area contributed by atoms with Crippen LogP contribution in [0.5, 0.6) is 0 Å². The molecule has 0 radical (unpaired) electrons. The predicted molar refractivity (Wildman–Crippen MR) is 61.5 cm³/mol. The summed E-state index contributed by atoms with van der Waals surface area (Å²) in [7, 11) is 0. The maximum atomic E-state index is 13.2. The zero-order valence-corrected chi connectivity index (χ0v) is 9.21. The quantitative estimate of drug-likeness (QED) is 0.871. The first-order valence-corrected chi connectivity index (χ1v) is 5.46. The van der Waals surface area contributed by atoms with E-state index in [2.05, 4.69) is 4.98 Å². The molecule has 0 aliphatic heterocycles. The minimum Gasteiger partial charge on any atom is -0.477 e. The normalized spacial score (nSPS) is 22.1. The Morgan fingerprint density at radius 1 is 1.56 bits per heavy atom. The van der Waals surface area contributed by atoms with Crippen LogP contribution in [-0.2, 0) is 0 Å². The number of pyridine rings is 2. The van der Waals surface area contributed by atoms with E-state index in [1.165, 1.54) is 23.2 Å². The molecule has 0 aromatic carbocycles. The first kappa shape index (κ1) is 10.9. The van der Waals surface area contributed by atoms with Gasteiger partial charge >= 0.3 is 5.97 Å². The Bertz CT molecular complexity index is 710. The van der Waals surface area contributed by atoms with Crippen molar-refractivity contribution >= 4 is 16.9 Å². The molecule has 0 bridgehead atoms. The molecular weight excluding hydrogens is 239 g/mol. The number of alkyl halides is 1. The second-order valence-corrected chi connectivity index (χ2v) is 4.30. The van der Waals surface area contributed by atoms with E-state index in [0.717, 1.165) is 0 Å². The fourth-order valence-corrected chi connectivity index (χ4v) is 2.07. The van der Waals surface area contributed by atoms with Gasteiger partial charge in [-0.1, -0.05) is 0 Å². The third-order valence-corrected chi connectivity index (χ3v) is 3.10. The van der Waals surface area contributed by atoms with Gasteiger partial charge in [-0.15, -0.1) is 0 Å². The second-order valence-electron chi connectivity index (χ2n) is 4.30. The van der Waals surface area contributed by atoms with E-state index < -0.39 is 17.6 Å². The summed E-state index contributed by atoms with van der Waals surface area (Å²) < 4.78 is 14.7. The summed E-state index contributed by atoms with van der Waals surface area (Å²) in [5.74, 6) is -1.31. The lowest BCUT2D eigenvalue weighted by atomic mass is 10.2. The standard InChI is InChI=1S/C12H9FN2O3/c13-8-3-10(8)15-5-7(12(17)18)11(16)6-4-14-2-1-9(6)15/h1-2,4-5,8,10H,3H2,(H,17,18)/t8-,10+/m0/s1. The number of fused-ring (bicyclic) bond motifs is 1. The number of hydrogen-bond donors (Lipinski definition) is 1. The van der Waals surface area contributed by atoms with E-state index in [4.69, 9.17) is 5.11 Å². The second kappa shape index (κ2) is 3.63. The van der Waals surface area contributed by atoms with E-state index in [-0.39, 0.29) is 17.0 Å². The summed E-state index contributed by atoms with van der Waals surface area (Å²) in [6.07, 6.45) is 3.40. The van der Waals surface area contributed by atoms with Gasteiger partial charge in [-0.3, -0.25) is 9.78 Å². The average Bonchev–Trinajstić information content (AvgIpc) is 3.06. The summed E-state index contributed by atoms with van der Waals surface area (Å²) >= 11 is 0. The van der Waals surface area contributed by atoms with Gasteiger partial charge in [0.15, 0.2) is 0 Å². The van der Waals surface area contributed by atoms with Gasteiger partial charge in [0, 0.05) is 25.0 Å². The van der Waals surface area contributed by atoms with Gasteiger partial charge in [0.05, 0.1) is 16.9 Å². The van der Waals surface area contributed by atoms with E-state index in [1.807, 2.05) is 0 Å². The Morgan fingerprint density at radius 2 is 2.28 bits per heavy atom. The molecule has 92 valence electrons. The summed E-state index contributed by atoms with van der Waals surface area (Å²) in [5, 5.41) is 9.20. The highest BCUT2D eigenvalue weighted by Crippen LogP contribution is 2.40. The van der Waals surface area contributed by atoms with E-state index >= 15 is 0 Å². The van der Waals surface area contributed by atoms with Crippen LogP contribution in [0, 0.1) is 0 Å². The summed E-state index contributed by atoms with van der Waals surface area (Å²) in [6.45, 7) is 0. The highest BCUT2D eigenvalue weighted by molar-refractivity contribution is 5.92. The molecule has 1 fully saturated rings. The highest BCUT2D eigenvalue weighted by Gasteiger charge is 2.40. The fourth-order valence-electron chi connectivity index (χ4n) is 2.07. The summed E-state index contributed by atoms with van der Waals surface area (Å²) in [4.78, 5) is 26.7. The van der Waals surface area contributed by atoms with Crippen molar-refractivity contribution < 1.29 is 14.3 Å². The predicted octanol–water partition coefficient (Wildman–Crippen LogP) is 1.38. The minimum absolute atomic E-state index is 0.205. The van der Waals surface area contributed by atoms with Gasteiger partial charge in [-0.25, -0.2) is 9.18 Å². The molecular formula is C12H9FN2O3. The van der Waals surface area contributed by atoms with Crippen LogP contribution in [0.2, 0.25) is 0 Å². The van der Waals surface area contributed by atoms with E-state index in [0.29, 0.717) is 11.9 Å². The molecule has 2 heterocycles. The zero-order chi connectivity index (χ0) is 12.9. The molecule has 1 aliphatic carbocycles. The van der Waals surface area contributed by atoms with Crippen molar-refractivity contribution in [2.24, 2.45) is 0 Å². The molecule has 3 rings (SSSR count). The molecule has 18 heavy (non-hydrogen) atoms. The molecule has 1 saturated carbocycles. The van der Waals surface area contributed by atoms with Crippen molar-refractivity contribution in [2.75, 3.05) is 0 Å². The molecule has 1 aliphatic rings. The monoisotopic (exact) mass is 248 g/mol. The third-order valence-electron chi connectivity index (χ3n) is 3.10. The molecule has 0 spiro atoms. The first-order valence-electron chi connectivity index (χ1n) is 5.46. The minimum atomic E-state index is -1.31. The summed E-state index contributed by atoms with van der Waals surface area (Å²) in [5.41, 5.74) is -0.419. The van der Waals surface area contributed by atoms with Crippen molar-refractivity contribution in [2.45, 2.75) is 18.6 Å². The van der Waals surface area contributed by atoms with Gasteiger partial charge in [0.2, 0.25) is 5.43 Å². The largest absolute Gasteiger partial charge is 0.477 e. The van der Waals surface area contributed by atoms with E-state index in [9.17, 15) is 14.0 Å². The van der Waals surface area contributed by atoms with Gasteiger partial charge in [-0.2, -0.15) is 0 Å². The topological polar surface area (TPSA) is 72.2 Å². The SMILES string of the molecule is O=C(O)c1cn([C@@H]2C[C@@H]2F)c2ccncc2c1=O. The Morgan fingerprint density at radius 3 is 2.89 bits per heavy atom. The first-order chi connectivity index (χ1) is 8.59. The number of carboxylic acids is 1. The lowest BCUT2D eigenvalue weighted by Crippen LogP contribution is -2.19. The number of halogens is 1. The fraction of sp³-hybridized carbons (Fsp3) is 0.250. The lowest BCUT2D eigenvalue weighted by molar-refractivity contribution is 0.0694. The molecule has 0 amide bonds. The Kier molecular flexibility index (Phi) is 2.19. The molecule has 2 atom stereocenters. The van der Waals surface area contributed by atoms with Crippen molar-refractivity contribution in [1.29, 1.82) is 0 Å². The van der Waals surface area contributed by atoms with Crippen LogP contribution in [0.4, 0.5) is 4.39 Å². The average molecular weight is 248 g/mol. The maximum Gasteiger partial charge on any atom is 0.341 e. The van der Waals surface area contributed by atoms with Crippen LogP contribution in [0.1, 0.15) is 22.8 Å².